The van der Waals surface area contributed by atoms with Crippen LogP contribution in [-0.2, 0) is 11.1 Å². The van der Waals surface area contributed by atoms with Gasteiger partial charge in [-0.25, -0.2) is 4.68 Å². The summed E-state index contributed by atoms with van der Waals surface area (Å²) in [7, 11) is 0. The Morgan fingerprint density at radius 3 is 2.58 bits per heavy atom. The molecule has 1 aromatic rings. The number of nitrogens with zero attached hydrogens (tertiary/aromatic N) is 2. The van der Waals surface area contributed by atoms with Gasteiger partial charge in [-0.2, -0.15) is 13.9 Å². The Morgan fingerprint density at radius 2 is 2.33 bits per heavy atom. The maximum atomic E-state index is 11.9. The van der Waals surface area contributed by atoms with Gasteiger partial charge in [0.2, 0.25) is 0 Å². The van der Waals surface area contributed by atoms with Gasteiger partial charge < -0.3 is 4.55 Å². The fourth-order valence-electron chi connectivity index (χ4n) is 0.729. The van der Waals surface area contributed by atoms with Crippen LogP contribution in [0.3, 0.4) is 0 Å². The van der Waals surface area contributed by atoms with E-state index in [1.165, 1.54) is 6.92 Å². The molecule has 0 fully saturated rings. The fraction of sp³-hybridized carbons (Fsp3) is 0.400. The van der Waals surface area contributed by atoms with Gasteiger partial charge in [-0.3, -0.25) is 4.21 Å². The van der Waals surface area contributed by atoms with Gasteiger partial charge in [0.15, 0.2) is 0 Å². The summed E-state index contributed by atoms with van der Waals surface area (Å²) in [4.78, 5) is -0.199. The fourth-order valence-corrected chi connectivity index (χ4v) is 1.20. The van der Waals surface area contributed by atoms with Gasteiger partial charge in [0, 0.05) is 6.20 Å². The van der Waals surface area contributed by atoms with Crippen molar-refractivity contribution in [2.24, 2.45) is 0 Å². The van der Waals surface area contributed by atoms with E-state index in [9.17, 15) is 17.5 Å². The van der Waals surface area contributed by atoms with Crippen LogP contribution in [0.2, 0.25) is 0 Å². The van der Waals surface area contributed by atoms with Crippen LogP contribution in [0.5, 0.6) is 0 Å². The van der Waals surface area contributed by atoms with Crippen LogP contribution in [0.15, 0.2) is 11.1 Å². The van der Waals surface area contributed by atoms with E-state index in [2.05, 4.69) is 5.10 Å². The Hall–Kier alpha value is -0.820. The third-order valence-corrected chi connectivity index (χ3v) is 2.01. The molecular weight excluding hydrogens is 190 g/mol. The Bertz CT molecular complexity index is 312. The molecule has 1 unspecified atom stereocenters. The highest BCUT2D eigenvalue weighted by molar-refractivity contribution is 7.79. The molecule has 0 saturated carbocycles. The van der Waals surface area contributed by atoms with E-state index >= 15 is 0 Å². The second kappa shape index (κ2) is 3.28. The third-order valence-electron chi connectivity index (χ3n) is 1.25. The molecule has 12 heavy (non-hydrogen) atoms. The predicted molar refractivity (Wildman–Crippen MR) is 35.4 cm³/mol. The summed E-state index contributed by atoms with van der Waals surface area (Å²) in [5, 5.41) is 3.30. The first-order valence-corrected chi connectivity index (χ1v) is 4.03. The van der Waals surface area contributed by atoms with Gasteiger partial charge in [0.25, 0.3) is 0 Å². The number of rotatable bonds is 2. The molecule has 68 valence electrons. The van der Waals surface area contributed by atoms with Crippen molar-refractivity contribution < 1.29 is 17.5 Å². The molecule has 0 N–H and O–H groups in total. The SMILES string of the molecule is Cc1nn(C(F)F)cc1S(=O)[O-]. The van der Waals surface area contributed by atoms with Gasteiger partial charge in [0.05, 0.1) is 10.6 Å². The first-order chi connectivity index (χ1) is 5.52. The zero-order chi connectivity index (χ0) is 9.30. The maximum absolute atomic E-state index is 11.9. The lowest BCUT2D eigenvalue weighted by Crippen LogP contribution is -1.97. The summed E-state index contributed by atoms with van der Waals surface area (Å²) in [6, 6.07) is 0. The van der Waals surface area contributed by atoms with E-state index in [0.717, 1.165) is 6.20 Å². The normalized spacial score (nSPS) is 13.8. The molecule has 4 nitrogen and oxygen atoms in total. The van der Waals surface area contributed by atoms with Gasteiger partial charge in [0.1, 0.15) is 0 Å². The van der Waals surface area contributed by atoms with E-state index in [1.54, 1.807) is 0 Å². The molecule has 1 heterocycles. The van der Waals surface area contributed by atoms with E-state index in [-0.39, 0.29) is 10.6 Å². The zero-order valence-electron chi connectivity index (χ0n) is 6.03. The van der Waals surface area contributed by atoms with Crippen molar-refractivity contribution in [3.8, 4) is 0 Å². The topological polar surface area (TPSA) is 58.0 Å². The lowest BCUT2D eigenvalue weighted by atomic mass is 10.5. The number of hydrogen-bond donors (Lipinski definition) is 0. The minimum absolute atomic E-state index is 0.0728. The summed E-state index contributed by atoms with van der Waals surface area (Å²) < 4.78 is 44.9. The molecule has 1 aromatic heterocycles. The molecule has 0 aromatic carbocycles. The average Bonchev–Trinajstić information content (AvgIpc) is 2.30. The molecule has 0 spiro atoms. The van der Waals surface area contributed by atoms with Crippen LogP contribution in [0.25, 0.3) is 0 Å². The van der Waals surface area contributed by atoms with Crippen LogP contribution in [0.1, 0.15) is 12.2 Å². The Morgan fingerprint density at radius 1 is 1.75 bits per heavy atom. The largest absolute Gasteiger partial charge is 0.768 e. The molecular formula is C5H5F2N2O2S-. The Balaban J connectivity index is 3.09. The van der Waals surface area contributed by atoms with Crippen molar-refractivity contribution in [1.82, 2.24) is 9.78 Å². The molecule has 0 amide bonds. The van der Waals surface area contributed by atoms with Crippen LogP contribution < -0.4 is 0 Å². The zero-order valence-corrected chi connectivity index (χ0v) is 6.85. The molecule has 1 atom stereocenters. The van der Waals surface area contributed by atoms with Crippen LogP contribution in [-0.4, -0.2) is 18.5 Å². The van der Waals surface area contributed by atoms with Gasteiger partial charge in [-0.1, -0.05) is 0 Å². The van der Waals surface area contributed by atoms with Crippen molar-refractivity contribution in [1.29, 1.82) is 0 Å². The number of halogens is 2. The minimum atomic E-state index is -2.80. The molecule has 0 aliphatic heterocycles. The first kappa shape index (κ1) is 9.27. The van der Waals surface area contributed by atoms with Crippen molar-refractivity contribution in [2.75, 3.05) is 0 Å². The quantitative estimate of drug-likeness (QED) is 0.656. The van der Waals surface area contributed by atoms with Crippen molar-refractivity contribution in [2.45, 2.75) is 18.4 Å². The summed E-state index contributed by atoms with van der Waals surface area (Å²) in [6.45, 7) is -1.45. The van der Waals surface area contributed by atoms with Gasteiger partial charge in [-0.15, -0.1) is 0 Å². The number of hydrogen-bond acceptors (Lipinski definition) is 3. The second-order valence-corrected chi connectivity index (χ2v) is 2.98. The maximum Gasteiger partial charge on any atom is 0.333 e. The molecule has 0 radical (unpaired) electrons. The van der Waals surface area contributed by atoms with E-state index in [0.29, 0.717) is 4.68 Å². The smallest absolute Gasteiger partial charge is 0.333 e. The standard InChI is InChI=1S/C5H6F2N2O2S/c1-3-4(12(10)11)2-9(8-3)5(6)7/h2,5H,1H3,(H,10,11)/p-1. The van der Waals surface area contributed by atoms with E-state index in [4.69, 9.17) is 0 Å². The molecule has 7 heteroatoms. The highest BCUT2D eigenvalue weighted by atomic mass is 32.2. The Labute approximate surface area is 69.5 Å². The van der Waals surface area contributed by atoms with Crippen molar-refractivity contribution in [3.63, 3.8) is 0 Å². The summed E-state index contributed by atoms with van der Waals surface area (Å²) >= 11 is -2.50. The first-order valence-electron chi connectivity index (χ1n) is 2.95. The highest BCUT2D eigenvalue weighted by Crippen LogP contribution is 2.14. The Kier molecular flexibility index (Phi) is 2.53. The predicted octanol–water partition coefficient (Wildman–Crippen LogP) is 0.825. The average molecular weight is 195 g/mol. The van der Waals surface area contributed by atoms with Crippen molar-refractivity contribution in [3.05, 3.63) is 11.9 Å². The molecule has 0 aliphatic rings. The van der Waals surface area contributed by atoms with E-state index in [1.807, 2.05) is 0 Å². The number of aryl methyl sites for hydroxylation is 1. The summed E-state index contributed by atoms with van der Waals surface area (Å²) in [6.07, 6.45) is 0.795. The van der Waals surface area contributed by atoms with Gasteiger partial charge in [-0.05, 0) is 18.0 Å². The lowest BCUT2D eigenvalue weighted by Gasteiger charge is -2.00. The lowest BCUT2D eigenvalue weighted by molar-refractivity contribution is 0.0561. The van der Waals surface area contributed by atoms with Crippen molar-refractivity contribution >= 4 is 11.1 Å². The second-order valence-electron chi connectivity index (χ2n) is 2.07. The van der Waals surface area contributed by atoms with Crippen LogP contribution in [0.4, 0.5) is 8.78 Å². The minimum Gasteiger partial charge on any atom is -0.768 e. The molecule has 0 aliphatic carbocycles. The summed E-state index contributed by atoms with van der Waals surface area (Å²) in [5.74, 6) is 0. The third kappa shape index (κ3) is 1.67. The number of alkyl halides is 2. The van der Waals surface area contributed by atoms with E-state index < -0.39 is 17.6 Å². The van der Waals surface area contributed by atoms with Gasteiger partial charge >= 0.3 is 6.55 Å². The number of aromatic nitrogens is 2. The summed E-state index contributed by atoms with van der Waals surface area (Å²) in [5.41, 5.74) is 0.0728. The molecule has 0 saturated heterocycles. The highest BCUT2D eigenvalue weighted by Gasteiger charge is 2.10. The molecule has 0 bridgehead atoms. The monoisotopic (exact) mass is 195 g/mol. The molecule has 1 rings (SSSR count). The van der Waals surface area contributed by atoms with Crippen LogP contribution in [0, 0.1) is 6.92 Å². The van der Waals surface area contributed by atoms with Crippen LogP contribution >= 0.6 is 0 Å².